The van der Waals surface area contributed by atoms with Crippen molar-refractivity contribution in [2.45, 2.75) is 20.2 Å². The molecule has 0 radical (unpaired) electrons. The third kappa shape index (κ3) is 4.38. The first-order valence-electron chi connectivity index (χ1n) is 10.0. The highest BCUT2D eigenvalue weighted by Gasteiger charge is 2.31. The zero-order valence-electron chi connectivity index (χ0n) is 17.9. The number of ether oxygens (including phenoxy) is 1. The number of alkyl halides is 3. The van der Waals surface area contributed by atoms with Gasteiger partial charge in [0.05, 0.1) is 27.0 Å². The van der Waals surface area contributed by atoms with Crippen LogP contribution in [0.1, 0.15) is 24.2 Å². The number of halogens is 3. The van der Waals surface area contributed by atoms with Crippen molar-refractivity contribution in [3.05, 3.63) is 35.9 Å². The maximum absolute atomic E-state index is 12.5. The molecule has 0 bridgehead atoms. The van der Waals surface area contributed by atoms with Gasteiger partial charge in [-0.2, -0.15) is 0 Å². The van der Waals surface area contributed by atoms with Crippen LogP contribution in [0.5, 0.6) is 5.75 Å². The molecule has 0 unspecified atom stereocenters. The lowest BCUT2D eigenvalue weighted by molar-refractivity contribution is -0.274. The molecular formula is C21H20F3N5O3S. The molecule has 12 heteroatoms. The van der Waals surface area contributed by atoms with Crippen LogP contribution in [-0.4, -0.2) is 45.1 Å². The van der Waals surface area contributed by atoms with Crippen LogP contribution >= 0.6 is 11.3 Å². The lowest BCUT2D eigenvalue weighted by atomic mass is 10.1. The summed E-state index contributed by atoms with van der Waals surface area (Å²) in [5.41, 5.74) is 2.46. The first-order chi connectivity index (χ1) is 15.6. The molecule has 2 aromatic carbocycles. The molecule has 8 nitrogen and oxygen atoms in total. The number of thiazole rings is 1. The zero-order valence-corrected chi connectivity index (χ0v) is 18.7. The number of aryl methyl sites for hydroxylation is 1. The van der Waals surface area contributed by atoms with Gasteiger partial charge >= 0.3 is 12.3 Å². The molecule has 0 saturated carbocycles. The van der Waals surface area contributed by atoms with E-state index in [0.29, 0.717) is 45.6 Å². The maximum Gasteiger partial charge on any atom is 0.573 e. The van der Waals surface area contributed by atoms with Crippen molar-refractivity contribution in [3.8, 4) is 5.75 Å². The van der Waals surface area contributed by atoms with E-state index in [4.69, 9.17) is 0 Å². The van der Waals surface area contributed by atoms with Crippen molar-refractivity contribution in [2.75, 3.05) is 23.3 Å². The number of carboxylic acids is 1. The predicted molar refractivity (Wildman–Crippen MR) is 121 cm³/mol. The van der Waals surface area contributed by atoms with Gasteiger partial charge in [0.2, 0.25) is 5.95 Å². The number of aromatic carboxylic acids is 1. The van der Waals surface area contributed by atoms with Crippen molar-refractivity contribution in [2.24, 2.45) is 7.05 Å². The van der Waals surface area contributed by atoms with Crippen LogP contribution in [0.2, 0.25) is 0 Å². The Kier molecular flexibility index (Phi) is 5.78. The van der Waals surface area contributed by atoms with Crippen LogP contribution in [0, 0.1) is 0 Å². The molecule has 2 aromatic heterocycles. The summed E-state index contributed by atoms with van der Waals surface area (Å²) in [4.78, 5) is 22.8. The van der Waals surface area contributed by atoms with E-state index in [0.717, 1.165) is 16.9 Å². The summed E-state index contributed by atoms with van der Waals surface area (Å²) in [6, 6.07) is 7.19. The van der Waals surface area contributed by atoms with Gasteiger partial charge in [-0.05, 0) is 38.1 Å². The van der Waals surface area contributed by atoms with Gasteiger partial charge < -0.3 is 24.6 Å². The van der Waals surface area contributed by atoms with Crippen molar-refractivity contribution < 1.29 is 27.8 Å². The molecule has 0 spiro atoms. The summed E-state index contributed by atoms with van der Waals surface area (Å²) in [5, 5.41) is 13.2. The zero-order chi connectivity index (χ0) is 23.9. The number of fused-ring (bicyclic) bond motifs is 2. The third-order valence-corrected chi connectivity index (χ3v) is 6.08. The standard InChI is InChI=1S/C21H20F3N5O3S/c1-4-29(5-2)17-12(18(30)31)7-9-14-16(17)26-19(28(14)3)27-20-25-13-8-6-11(10-15(13)33-20)32-21(22,23)24/h6-10H,4-5H2,1-3H3,(H,30,31)(H,25,26,27). The Morgan fingerprint density at radius 2 is 1.94 bits per heavy atom. The van der Waals surface area contributed by atoms with E-state index in [9.17, 15) is 23.1 Å². The number of hydrogen-bond acceptors (Lipinski definition) is 7. The van der Waals surface area contributed by atoms with Gasteiger partial charge in [0, 0.05) is 26.2 Å². The summed E-state index contributed by atoms with van der Waals surface area (Å²) in [7, 11) is 1.78. The van der Waals surface area contributed by atoms with Gasteiger partial charge in [-0.15, -0.1) is 13.2 Å². The lowest BCUT2D eigenvalue weighted by Crippen LogP contribution is -2.24. The molecule has 33 heavy (non-hydrogen) atoms. The summed E-state index contributed by atoms with van der Waals surface area (Å²) >= 11 is 1.15. The van der Waals surface area contributed by atoms with Crippen LogP contribution < -0.4 is 15.0 Å². The van der Waals surface area contributed by atoms with Crippen LogP contribution in [0.25, 0.3) is 21.3 Å². The van der Waals surface area contributed by atoms with Gasteiger partial charge in [-0.1, -0.05) is 11.3 Å². The molecule has 0 amide bonds. The van der Waals surface area contributed by atoms with Crippen molar-refractivity contribution in [1.82, 2.24) is 14.5 Å². The topological polar surface area (TPSA) is 92.5 Å². The van der Waals surface area contributed by atoms with E-state index in [1.807, 2.05) is 18.7 Å². The predicted octanol–water partition coefficient (Wildman–Crippen LogP) is 5.37. The SMILES string of the molecule is CCN(CC)c1c(C(=O)O)ccc2c1nc(Nc1nc3ccc(OC(F)(F)F)cc3s1)n2C. The van der Waals surface area contributed by atoms with E-state index in [1.165, 1.54) is 18.2 Å². The Morgan fingerprint density at radius 1 is 1.21 bits per heavy atom. The molecule has 0 aliphatic carbocycles. The molecule has 0 fully saturated rings. The minimum atomic E-state index is -4.77. The number of hydrogen-bond donors (Lipinski definition) is 2. The monoisotopic (exact) mass is 479 g/mol. The molecule has 0 aliphatic heterocycles. The Labute approximate surface area is 190 Å². The van der Waals surface area contributed by atoms with Crippen LogP contribution in [0.15, 0.2) is 30.3 Å². The number of carboxylic acid groups (broad SMARTS) is 1. The molecule has 0 atom stereocenters. The van der Waals surface area contributed by atoms with E-state index >= 15 is 0 Å². The molecule has 174 valence electrons. The first-order valence-corrected chi connectivity index (χ1v) is 10.8. The second kappa shape index (κ2) is 8.43. The molecule has 2 heterocycles. The largest absolute Gasteiger partial charge is 0.573 e. The van der Waals surface area contributed by atoms with Crippen molar-refractivity contribution >= 4 is 55.3 Å². The Morgan fingerprint density at radius 3 is 2.58 bits per heavy atom. The van der Waals surface area contributed by atoms with E-state index in [1.54, 1.807) is 23.7 Å². The average molecular weight is 479 g/mol. The minimum Gasteiger partial charge on any atom is -0.478 e. The summed E-state index contributed by atoms with van der Waals surface area (Å²) < 4.78 is 43.8. The van der Waals surface area contributed by atoms with Gasteiger partial charge in [-0.25, -0.2) is 14.8 Å². The smallest absolute Gasteiger partial charge is 0.478 e. The summed E-state index contributed by atoms with van der Waals surface area (Å²) in [6.07, 6.45) is -4.77. The van der Waals surface area contributed by atoms with Gasteiger partial charge in [-0.3, -0.25) is 0 Å². The molecule has 4 aromatic rings. The summed E-state index contributed by atoms with van der Waals surface area (Å²) in [6.45, 7) is 5.09. The van der Waals surface area contributed by atoms with E-state index < -0.39 is 12.3 Å². The highest BCUT2D eigenvalue weighted by molar-refractivity contribution is 7.22. The van der Waals surface area contributed by atoms with Gasteiger partial charge in [0.1, 0.15) is 11.3 Å². The second-order valence-corrected chi connectivity index (χ2v) is 8.15. The second-order valence-electron chi connectivity index (χ2n) is 7.12. The number of benzene rings is 2. The number of nitrogens with zero attached hydrogens (tertiary/aromatic N) is 4. The first kappa shape index (κ1) is 22.6. The maximum atomic E-state index is 12.5. The minimum absolute atomic E-state index is 0.160. The van der Waals surface area contributed by atoms with Crippen molar-refractivity contribution in [3.63, 3.8) is 0 Å². The fourth-order valence-electron chi connectivity index (χ4n) is 3.64. The highest BCUT2D eigenvalue weighted by atomic mass is 32.1. The number of anilines is 3. The van der Waals surface area contributed by atoms with Crippen molar-refractivity contribution in [1.29, 1.82) is 0 Å². The lowest BCUT2D eigenvalue weighted by Gasteiger charge is -2.23. The molecular weight excluding hydrogens is 459 g/mol. The average Bonchev–Trinajstić information content (AvgIpc) is 3.28. The Hall–Kier alpha value is -3.54. The number of nitrogens with one attached hydrogen (secondary N) is 1. The fourth-order valence-corrected chi connectivity index (χ4v) is 4.53. The highest BCUT2D eigenvalue weighted by Crippen LogP contribution is 2.35. The number of rotatable bonds is 7. The van der Waals surface area contributed by atoms with Gasteiger partial charge in [0.25, 0.3) is 0 Å². The fraction of sp³-hybridized carbons (Fsp3) is 0.286. The number of carbonyl (C=O) groups is 1. The molecule has 0 saturated heterocycles. The molecule has 4 rings (SSSR count). The van der Waals surface area contributed by atoms with E-state index in [-0.39, 0.29) is 11.3 Å². The normalized spacial score (nSPS) is 11.8. The van der Waals surface area contributed by atoms with Crippen LogP contribution in [0.4, 0.5) is 29.9 Å². The third-order valence-electron chi connectivity index (χ3n) is 5.15. The number of imidazole rings is 1. The van der Waals surface area contributed by atoms with Crippen LogP contribution in [-0.2, 0) is 7.05 Å². The van der Waals surface area contributed by atoms with E-state index in [2.05, 4.69) is 20.0 Å². The Balaban J connectivity index is 1.74. The van der Waals surface area contributed by atoms with Gasteiger partial charge in [0.15, 0.2) is 5.13 Å². The summed E-state index contributed by atoms with van der Waals surface area (Å²) in [5.74, 6) is -0.938. The quantitative estimate of drug-likeness (QED) is 0.368. The number of aromatic nitrogens is 3. The molecule has 2 N–H and O–H groups in total. The van der Waals surface area contributed by atoms with Crippen LogP contribution in [0.3, 0.4) is 0 Å². The Bertz CT molecular complexity index is 1340. The molecule has 0 aliphatic rings.